The van der Waals surface area contributed by atoms with E-state index in [4.69, 9.17) is 0 Å². The summed E-state index contributed by atoms with van der Waals surface area (Å²) < 4.78 is 43.1. The fourth-order valence-electron chi connectivity index (χ4n) is 3.88. The number of sulfonamides is 1. The van der Waals surface area contributed by atoms with Gasteiger partial charge in [-0.15, -0.1) is 11.3 Å². The lowest BCUT2D eigenvalue weighted by Crippen LogP contribution is -2.34. The summed E-state index contributed by atoms with van der Waals surface area (Å²) >= 11 is 1.02. The summed E-state index contributed by atoms with van der Waals surface area (Å²) in [6, 6.07) is 11.1. The molecule has 0 aliphatic rings. The van der Waals surface area contributed by atoms with Crippen LogP contribution >= 0.6 is 11.3 Å². The number of benzene rings is 2. The summed E-state index contributed by atoms with van der Waals surface area (Å²) in [5.41, 5.74) is 1.30. The molecule has 3 N–H and O–H groups in total. The molecule has 2 amide bonds. The smallest absolute Gasteiger partial charge is 0.333 e. The number of fused-ring (bicyclic) bond motifs is 1. The minimum absolute atomic E-state index is 0.00256. The number of hydrogen-bond donors (Lipinski definition) is 3. The summed E-state index contributed by atoms with van der Waals surface area (Å²) in [6.07, 6.45) is 1.61. The van der Waals surface area contributed by atoms with Crippen molar-refractivity contribution in [3.8, 4) is 5.69 Å². The van der Waals surface area contributed by atoms with E-state index in [-0.39, 0.29) is 15.6 Å². The van der Waals surface area contributed by atoms with Crippen LogP contribution in [-0.2, 0) is 16.6 Å². The predicted octanol–water partition coefficient (Wildman–Crippen LogP) is 4.11. The Bertz CT molecular complexity index is 1660. The number of aromatic nitrogens is 1. The van der Waals surface area contributed by atoms with Gasteiger partial charge in [-0.25, -0.2) is 22.3 Å². The minimum atomic E-state index is -4.06. The number of urea groups is 1. The van der Waals surface area contributed by atoms with Crippen LogP contribution in [0.1, 0.15) is 10.4 Å². The van der Waals surface area contributed by atoms with Gasteiger partial charge in [0, 0.05) is 41.4 Å². The van der Waals surface area contributed by atoms with Crippen LogP contribution in [-0.4, -0.2) is 45.1 Å². The van der Waals surface area contributed by atoms with Gasteiger partial charge in [-0.05, 0) is 80.5 Å². The molecular weight excluding hydrogens is 517 g/mol. The minimum Gasteiger partial charge on any atom is -0.388 e. The number of pyridine rings is 1. The molecule has 0 fully saturated rings. The van der Waals surface area contributed by atoms with E-state index in [1.54, 1.807) is 38.4 Å². The predicted molar refractivity (Wildman–Crippen MR) is 145 cm³/mol. The van der Waals surface area contributed by atoms with Crippen molar-refractivity contribution in [2.24, 2.45) is 0 Å². The number of carbonyl (C=O) groups excluding carboxylic acids is 1. The van der Waals surface area contributed by atoms with E-state index >= 15 is 4.39 Å². The number of nitrogens with zero attached hydrogens (tertiary/aromatic N) is 2. The molecule has 37 heavy (non-hydrogen) atoms. The molecule has 0 radical (unpaired) electrons. The zero-order valence-corrected chi connectivity index (χ0v) is 22.3. The Morgan fingerprint density at radius 3 is 2.41 bits per heavy atom. The number of amides is 2. The third-order valence-corrected chi connectivity index (χ3v) is 8.37. The van der Waals surface area contributed by atoms with E-state index in [0.29, 0.717) is 11.9 Å². The van der Waals surface area contributed by atoms with E-state index in [2.05, 4.69) is 10.6 Å². The Hall–Kier alpha value is -3.74. The van der Waals surface area contributed by atoms with Crippen molar-refractivity contribution in [3.05, 3.63) is 81.3 Å². The highest BCUT2D eigenvalue weighted by Crippen LogP contribution is 2.25. The number of rotatable bonds is 7. The molecule has 0 spiro atoms. The number of carbonyl (C=O) groups is 1. The van der Waals surface area contributed by atoms with E-state index in [1.807, 2.05) is 29.8 Å². The Morgan fingerprint density at radius 2 is 1.78 bits per heavy atom. The standard InChI is InChI=1S/C25H26FN5O4S2/c1-15-5-10-23(36-15)37(34,35)29-25(33)28-18-7-9-22(21(26)12-18)31-14-16(13-30(3)4)20-11-17(27-2)6-8-19(20)24(31)32/h5-12,14,27H,13H2,1-4H3,(H2,28,29,33). The lowest BCUT2D eigenvalue weighted by Gasteiger charge is -2.17. The Morgan fingerprint density at radius 1 is 1.05 bits per heavy atom. The molecule has 2 heterocycles. The average molecular weight is 544 g/mol. The quantitative estimate of drug-likeness (QED) is 0.323. The van der Waals surface area contributed by atoms with E-state index in [9.17, 15) is 18.0 Å². The van der Waals surface area contributed by atoms with Gasteiger partial charge in [0.2, 0.25) is 0 Å². The molecule has 12 heteroatoms. The van der Waals surface area contributed by atoms with Crippen molar-refractivity contribution in [2.75, 3.05) is 31.8 Å². The summed E-state index contributed by atoms with van der Waals surface area (Å²) in [4.78, 5) is 28.3. The first-order chi connectivity index (χ1) is 17.5. The SMILES string of the molecule is CNc1ccc2c(=O)n(-c3ccc(NC(=O)NS(=O)(=O)c4ccc(C)s4)cc3F)cc(CN(C)C)c2c1. The molecular formula is C25H26FN5O4S2. The van der Waals surface area contributed by atoms with Crippen LogP contribution in [0.15, 0.2) is 63.7 Å². The van der Waals surface area contributed by atoms with Gasteiger partial charge in [0.15, 0.2) is 0 Å². The lowest BCUT2D eigenvalue weighted by molar-refractivity contribution is 0.256. The molecule has 0 aliphatic heterocycles. The topological polar surface area (TPSA) is 113 Å². The van der Waals surface area contributed by atoms with Gasteiger partial charge in [-0.3, -0.25) is 9.36 Å². The van der Waals surface area contributed by atoms with E-state index in [0.717, 1.165) is 38.9 Å². The molecule has 0 unspecified atom stereocenters. The number of anilines is 2. The molecule has 0 saturated heterocycles. The third-order valence-electron chi connectivity index (χ3n) is 5.55. The summed E-state index contributed by atoms with van der Waals surface area (Å²) in [7, 11) is 1.53. The second kappa shape index (κ2) is 10.3. The Kier molecular flexibility index (Phi) is 7.35. The third kappa shape index (κ3) is 5.66. The summed E-state index contributed by atoms with van der Waals surface area (Å²) in [5, 5.41) is 6.59. The summed E-state index contributed by atoms with van der Waals surface area (Å²) in [6.45, 7) is 2.27. The molecule has 0 atom stereocenters. The number of nitrogens with one attached hydrogen (secondary N) is 3. The summed E-state index contributed by atoms with van der Waals surface area (Å²) in [5.74, 6) is -0.765. The van der Waals surface area contributed by atoms with Gasteiger partial charge in [-0.1, -0.05) is 0 Å². The molecule has 0 bridgehead atoms. The highest BCUT2D eigenvalue weighted by molar-refractivity contribution is 7.92. The van der Waals surface area contributed by atoms with Crippen LogP contribution < -0.4 is 20.9 Å². The van der Waals surface area contributed by atoms with Gasteiger partial charge in [0.25, 0.3) is 15.6 Å². The van der Waals surface area contributed by atoms with Crippen molar-refractivity contribution in [2.45, 2.75) is 17.7 Å². The normalized spacial score (nSPS) is 11.6. The molecule has 9 nitrogen and oxygen atoms in total. The molecule has 4 aromatic rings. The largest absolute Gasteiger partial charge is 0.388 e. The monoisotopic (exact) mass is 543 g/mol. The number of thiophene rings is 1. The van der Waals surface area contributed by atoms with Crippen molar-refractivity contribution in [3.63, 3.8) is 0 Å². The van der Waals surface area contributed by atoms with Crippen LogP contribution in [0.25, 0.3) is 16.5 Å². The van der Waals surface area contributed by atoms with Gasteiger partial charge in [0.05, 0.1) is 5.69 Å². The van der Waals surface area contributed by atoms with Crippen molar-refractivity contribution >= 4 is 49.5 Å². The maximum absolute atomic E-state index is 15.2. The lowest BCUT2D eigenvalue weighted by atomic mass is 10.1. The maximum atomic E-state index is 15.2. The zero-order chi connectivity index (χ0) is 26.9. The second-order valence-electron chi connectivity index (χ2n) is 8.67. The van der Waals surface area contributed by atoms with Crippen LogP contribution in [0.4, 0.5) is 20.6 Å². The van der Waals surface area contributed by atoms with E-state index in [1.165, 1.54) is 22.8 Å². The van der Waals surface area contributed by atoms with Crippen LogP contribution in [0.5, 0.6) is 0 Å². The van der Waals surface area contributed by atoms with Crippen LogP contribution in [0, 0.1) is 12.7 Å². The highest BCUT2D eigenvalue weighted by Gasteiger charge is 2.20. The average Bonchev–Trinajstić information content (AvgIpc) is 3.27. The van der Waals surface area contributed by atoms with E-state index < -0.39 is 27.4 Å². The fourth-order valence-corrected chi connectivity index (χ4v) is 6.07. The van der Waals surface area contributed by atoms with Gasteiger partial charge < -0.3 is 15.5 Å². The highest BCUT2D eigenvalue weighted by atomic mass is 32.2. The van der Waals surface area contributed by atoms with Gasteiger partial charge >= 0.3 is 6.03 Å². The van der Waals surface area contributed by atoms with Crippen LogP contribution in [0.2, 0.25) is 0 Å². The Balaban J connectivity index is 1.65. The first kappa shape index (κ1) is 26.3. The Labute approximate surface area is 217 Å². The molecule has 2 aromatic carbocycles. The first-order valence-corrected chi connectivity index (χ1v) is 13.5. The van der Waals surface area contributed by atoms with Crippen molar-refractivity contribution < 1.29 is 17.6 Å². The van der Waals surface area contributed by atoms with Crippen LogP contribution in [0.3, 0.4) is 0 Å². The number of halogens is 1. The molecule has 0 aliphatic carbocycles. The van der Waals surface area contributed by atoms with Crippen molar-refractivity contribution in [1.29, 1.82) is 0 Å². The van der Waals surface area contributed by atoms with Gasteiger partial charge in [-0.2, -0.15) is 0 Å². The zero-order valence-electron chi connectivity index (χ0n) is 20.6. The molecule has 194 valence electrons. The molecule has 0 saturated carbocycles. The van der Waals surface area contributed by atoms with Crippen molar-refractivity contribution in [1.82, 2.24) is 14.2 Å². The first-order valence-electron chi connectivity index (χ1n) is 11.2. The maximum Gasteiger partial charge on any atom is 0.333 e. The second-order valence-corrected chi connectivity index (χ2v) is 11.9. The molecule has 4 rings (SSSR count). The molecule has 2 aromatic heterocycles. The fraction of sp³-hybridized carbons (Fsp3) is 0.200. The van der Waals surface area contributed by atoms with Gasteiger partial charge in [0.1, 0.15) is 10.0 Å². The number of aryl methyl sites for hydroxylation is 1. The number of hydrogen-bond acceptors (Lipinski definition) is 7.